The number of ether oxygens (including phenoxy) is 2. The topological polar surface area (TPSA) is 56.8 Å². The molecular formula is C25H28N2O2. The van der Waals surface area contributed by atoms with Crippen LogP contribution in [0.15, 0.2) is 84.3 Å². The third-order valence-electron chi connectivity index (χ3n) is 4.94. The highest BCUT2D eigenvalue weighted by molar-refractivity contribution is 5.91. The van der Waals surface area contributed by atoms with Crippen LogP contribution in [0.4, 0.5) is 0 Å². The maximum atomic E-state index is 6.05. The van der Waals surface area contributed by atoms with Crippen molar-refractivity contribution in [3.63, 3.8) is 0 Å². The van der Waals surface area contributed by atoms with Gasteiger partial charge in [0.05, 0.1) is 19.9 Å². The standard InChI is InChI=1S/C25H28N2O2/c1-4-5-7-12-24(26)27-17-20-16-23(28-3)18(2)15-22(20)21-11-9-6-8-10-19-13-14-29-25(19)21/h4,6-9,11-16,19H,1,5,10,17H2,2-3H3,(H2,26,27)/b8-6?,11-9?,12-7-,25-21?. The highest BCUT2D eigenvalue weighted by Crippen LogP contribution is 2.37. The first kappa shape index (κ1) is 20.5. The fraction of sp³-hybridized carbons (Fsp3) is 0.240. The molecule has 3 rings (SSSR count). The Labute approximate surface area is 173 Å². The minimum atomic E-state index is 0.247. The van der Waals surface area contributed by atoms with E-state index in [4.69, 9.17) is 15.2 Å². The molecule has 1 aromatic rings. The maximum Gasteiger partial charge on any atom is 0.122 e. The molecule has 2 aliphatic rings. The number of aryl methyl sites for hydroxylation is 1. The third-order valence-corrected chi connectivity index (χ3v) is 4.94. The Morgan fingerprint density at radius 1 is 1.38 bits per heavy atom. The molecule has 0 aromatic heterocycles. The number of allylic oxidation sites excluding steroid dienone is 8. The van der Waals surface area contributed by atoms with Gasteiger partial charge in [-0.2, -0.15) is 0 Å². The lowest BCUT2D eigenvalue weighted by Gasteiger charge is -2.18. The molecule has 29 heavy (non-hydrogen) atoms. The van der Waals surface area contributed by atoms with E-state index in [1.165, 1.54) is 0 Å². The van der Waals surface area contributed by atoms with E-state index in [0.717, 1.165) is 46.6 Å². The van der Waals surface area contributed by atoms with Crippen molar-refractivity contribution in [3.8, 4) is 5.75 Å². The predicted octanol–water partition coefficient (Wildman–Crippen LogP) is 5.38. The average Bonchev–Trinajstić information content (AvgIpc) is 3.15. The second-order valence-corrected chi connectivity index (χ2v) is 7.00. The number of amidine groups is 1. The number of methoxy groups -OCH3 is 1. The number of nitrogens with zero attached hydrogens (tertiary/aromatic N) is 1. The van der Waals surface area contributed by atoms with Crippen molar-refractivity contribution in [2.45, 2.75) is 26.3 Å². The van der Waals surface area contributed by atoms with E-state index in [1.54, 1.807) is 13.4 Å². The SMILES string of the molecule is C=CC/C=C\C(N)=NCc1cc(OC)c(C)cc1C1=C2OC=CC2CC=CC=C1. The number of benzene rings is 1. The third kappa shape index (κ3) is 4.96. The van der Waals surface area contributed by atoms with E-state index in [9.17, 15) is 0 Å². The first-order chi connectivity index (χ1) is 14.1. The van der Waals surface area contributed by atoms with Gasteiger partial charge in [-0.15, -0.1) is 6.58 Å². The van der Waals surface area contributed by atoms with E-state index >= 15 is 0 Å². The van der Waals surface area contributed by atoms with Gasteiger partial charge in [0.2, 0.25) is 0 Å². The van der Waals surface area contributed by atoms with Gasteiger partial charge < -0.3 is 15.2 Å². The number of rotatable bonds is 7. The van der Waals surface area contributed by atoms with Gasteiger partial charge in [-0.05, 0) is 60.7 Å². The molecule has 0 bridgehead atoms. The smallest absolute Gasteiger partial charge is 0.122 e. The number of fused-ring (bicyclic) bond motifs is 1. The quantitative estimate of drug-likeness (QED) is 0.387. The molecule has 0 radical (unpaired) electrons. The molecule has 0 saturated carbocycles. The molecule has 2 N–H and O–H groups in total. The predicted molar refractivity (Wildman–Crippen MR) is 121 cm³/mol. The Hall–Kier alpha value is -3.27. The molecule has 0 fully saturated rings. The van der Waals surface area contributed by atoms with Crippen LogP contribution in [-0.2, 0) is 11.3 Å². The van der Waals surface area contributed by atoms with Gasteiger partial charge >= 0.3 is 0 Å². The Balaban J connectivity index is 2.05. The van der Waals surface area contributed by atoms with Crippen LogP contribution in [0.2, 0.25) is 0 Å². The van der Waals surface area contributed by atoms with Gasteiger partial charge in [0, 0.05) is 11.5 Å². The monoisotopic (exact) mass is 388 g/mol. The summed E-state index contributed by atoms with van der Waals surface area (Å²) in [6, 6.07) is 4.19. The van der Waals surface area contributed by atoms with Crippen LogP contribution in [-0.4, -0.2) is 12.9 Å². The van der Waals surface area contributed by atoms with Crippen LogP contribution in [0.5, 0.6) is 5.75 Å². The van der Waals surface area contributed by atoms with E-state index in [0.29, 0.717) is 12.4 Å². The summed E-state index contributed by atoms with van der Waals surface area (Å²) in [5.41, 5.74) is 10.3. The van der Waals surface area contributed by atoms with Crippen molar-refractivity contribution in [1.82, 2.24) is 0 Å². The lowest BCUT2D eigenvalue weighted by molar-refractivity contribution is 0.346. The van der Waals surface area contributed by atoms with Crippen molar-refractivity contribution in [2.75, 3.05) is 7.11 Å². The molecule has 0 saturated heterocycles. The van der Waals surface area contributed by atoms with Gasteiger partial charge in [-0.1, -0.05) is 36.5 Å². The summed E-state index contributed by atoms with van der Waals surface area (Å²) in [5.74, 6) is 2.54. The number of hydrogen-bond acceptors (Lipinski definition) is 3. The van der Waals surface area contributed by atoms with Gasteiger partial charge in [0.1, 0.15) is 17.3 Å². The van der Waals surface area contributed by atoms with Crippen molar-refractivity contribution < 1.29 is 9.47 Å². The van der Waals surface area contributed by atoms with Crippen LogP contribution in [0.25, 0.3) is 5.57 Å². The summed E-state index contributed by atoms with van der Waals surface area (Å²) in [5, 5.41) is 0. The number of hydrogen-bond donors (Lipinski definition) is 1. The lowest BCUT2D eigenvalue weighted by atomic mass is 9.90. The highest BCUT2D eigenvalue weighted by atomic mass is 16.5. The normalized spacial score (nSPS) is 18.6. The Morgan fingerprint density at radius 3 is 3.03 bits per heavy atom. The molecule has 1 unspecified atom stereocenters. The zero-order valence-electron chi connectivity index (χ0n) is 17.1. The van der Waals surface area contributed by atoms with Gasteiger partial charge in [0.15, 0.2) is 0 Å². The Bertz CT molecular complexity index is 946. The molecule has 4 heteroatoms. The summed E-state index contributed by atoms with van der Waals surface area (Å²) >= 11 is 0. The molecule has 1 heterocycles. The van der Waals surface area contributed by atoms with Crippen LogP contribution in [0.3, 0.4) is 0 Å². The molecule has 0 spiro atoms. The zero-order chi connectivity index (χ0) is 20.6. The molecule has 1 atom stereocenters. The summed E-state index contributed by atoms with van der Waals surface area (Å²) in [7, 11) is 1.68. The molecular weight excluding hydrogens is 360 g/mol. The minimum Gasteiger partial charge on any atom is -0.496 e. The van der Waals surface area contributed by atoms with Crippen molar-refractivity contribution in [1.29, 1.82) is 0 Å². The van der Waals surface area contributed by atoms with Crippen LogP contribution in [0, 0.1) is 12.8 Å². The van der Waals surface area contributed by atoms with E-state index in [1.807, 2.05) is 31.2 Å². The van der Waals surface area contributed by atoms with Gasteiger partial charge in [-0.3, -0.25) is 4.99 Å². The lowest BCUT2D eigenvalue weighted by Crippen LogP contribution is -2.09. The van der Waals surface area contributed by atoms with Crippen molar-refractivity contribution in [3.05, 3.63) is 96.0 Å². The van der Waals surface area contributed by atoms with Crippen LogP contribution >= 0.6 is 0 Å². The van der Waals surface area contributed by atoms with Crippen LogP contribution < -0.4 is 10.5 Å². The average molecular weight is 389 g/mol. The zero-order valence-corrected chi connectivity index (χ0v) is 17.1. The molecule has 0 amide bonds. The van der Waals surface area contributed by atoms with E-state index < -0.39 is 0 Å². The molecule has 4 nitrogen and oxygen atoms in total. The number of aliphatic imine (C=N–C) groups is 1. The summed E-state index contributed by atoms with van der Waals surface area (Å²) < 4.78 is 11.5. The van der Waals surface area contributed by atoms with Gasteiger partial charge in [0.25, 0.3) is 0 Å². The summed E-state index contributed by atoms with van der Waals surface area (Å²) in [4.78, 5) is 4.55. The minimum absolute atomic E-state index is 0.247. The Kier molecular flexibility index (Phi) is 6.90. The van der Waals surface area contributed by atoms with Crippen molar-refractivity contribution >= 4 is 11.4 Å². The largest absolute Gasteiger partial charge is 0.496 e. The maximum absolute atomic E-state index is 6.05. The fourth-order valence-electron chi connectivity index (χ4n) is 3.44. The van der Waals surface area contributed by atoms with E-state index in [-0.39, 0.29) is 5.92 Å². The summed E-state index contributed by atoms with van der Waals surface area (Å²) in [6.07, 6.45) is 19.6. The van der Waals surface area contributed by atoms with Gasteiger partial charge in [-0.25, -0.2) is 0 Å². The van der Waals surface area contributed by atoms with Crippen molar-refractivity contribution in [2.24, 2.45) is 16.6 Å². The second kappa shape index (κ2) is 9.78. The molecule has 1 aromatic carbocycles. The molecule has 1 aliphatic carbocycles. The first-order valence-corrected chi connectivity index (χ1v) is 9.80. The van der Waals surface area contributed by atoms with Crippen LogP contribution in [0.1, 0.15) is 29.5 Å². The van der Waals surface area contributed by atoms with E-state index in [2.05, 4.69) is 48.0 Å². The Morgan fingerprint density at radius 2 is 2.24 bits per heavy atom. The second-order valence-electron chi connectivity index (χ2n) is 7.00. The number of nitrogens with two attached hydrogens (primary N) is 1. The molecule has 1 aliphatic heterocycles. The fourth-order valence-corrected chi connectivity index (χ4v) is 3.44. The highest BCUT2D eigenvalue weighted by Gasteiger charge is 2.23. The first-order valence-electron chi connectivity index (χ1n) is 9.80. The summed E-state index contributed by atoms with van der Waals surface area (Å²) in [6.45, 7) is 6.20. The molecule has 150 valence electrons.